The second-order valence-corrected chi connectivity index (χ2v) is 4.73. The second kappa shape index (κ2) is 6.34. The molecule has 0 spiro atoms. The molecule has 2 heterocycles. The first-order chi connectivity index (χ1) is 10.0. The molecule has 112 valence electrons. The Hall–Kier alpha value is -2.44. The first-order valence-corrected chi connectivity index (χ1v) is 6.72. The lowest BCUT2D eigenvalue weighted by molar-refractivity contribution is 0.102. The monoisotopic (exact) mass is 291 g/mol. The Morgan fingerprint density at radius 2 is 2.19 bits per heavy atom. The van der Waals surface area contributed by atoms with Crippen LogP contribution in [-0.4, -0.2) is 27.2 Å². The zero-order valence-electron chi connectivity index (χ0n) is 12.3. The number of hydrogen-bond acceptors (Lipinski definition) is 4. The number of pyridine rings is 1. The van der Waals surface area contributed by atoms with Crippen molar-refractivity contribution in [3.63, 3.8) is 0 Å². The number of carbonyl (C=O) groups excluding carboxylic acids is 1. The highest BCUT2D eigenvalue weighted by molar-refractivity contribution is 6.07. The van der Waals surface area contributed by atoms with Crippen molar-refractivity contribution in [1.29, 1.82) is 0 Å². The number of rotatable bonds is 5. The van der Waals surface area contributed by atoms with Crippen molar-refractivity contribution >= 4 is 17.5 Å². The predicted octanol–water partition coefficient (Wildman–Crippen LogP) is 2.34. The van der Waals surface area contributed by atoms with Crippen molar-refractivity contribution in [1.82, 2.24) is 14.8 Å². The molecule has 0 saturated carbocycles. The molecule has 21 heavy (non-hydrogen) atoms. The molecule has 2 aromatic rings. The number of anilines is 2. The van der Waals surface area contributed by atoms with Gasteiger partial charge in [0.2, 0.25) is 0 Å². The van der Waals surface area contributed by atoms with E-state index in [1.807, 2.05) is 13.8 Å². The van der Waals surface area contributed by atoms with Crippen LogP contribution in [0.4, 0.5) is 16.0 Å². The lowest BCUT2D eigenvalue weighted by Crippen LogP contribution is -2.18. The number of amides is 1. The van der Waals surface area contributed by atoms with Gasteiger partial charge >= 0.3 is 0 Å². The quantitative estimate of drug-likeness (QED) is 0.887. The summed E-state index contributed by atoms with van der Waals surface area (Å²) in [5, 5.41) is 9.87. The third kappa shape index (κ3) is 3.56. The van der Waals surface area contributed by atoms with Crippen molar-refractivity contribution in [2.24, 2.45) is 7.05 Å². The minimum Gasteiger partial charge on any atom is -0.369 e. The van der Waals surface area contributed by atoms with Crippen LogP contribution in [0.2, 0.25) is 0 Å². The molecule has 0 aliphatic carbocycles. The Bertz CT molecular complexity index is 653. The highest BCUT2D eigenvalue weighted by Crippen LogP contribution is 2.17. The molecule has 6 nitrogen and oxygen atoms in total. The molecule has 0 atom stereocenters. The van der Waals surface area contributed by atoms with Gasteiger partial charge in [0.15, 0.2) is 0 Å². The summed E-state index contributed by atoms with van der Waals surface area (Å²) < 4.78 is 14.9. The third-order valence-electron chi connectivity index (χ3n) is 2.88. The van der Waals surface area contributed by atoms with E-state index in [0.29, 0.717) is 18.2 Å². The summed E-state index contributed by atoms with van der Waals surface area (Å²) in [6.07, 6.45) is 1.96. The Kier molecular flexibility index (Phi) is 4.52. The summed E-state index contributed by atoms with van der Waals surface area (Å²) in [6, 6.07) is 2.91. The van der Waals surface area contributed by atoms with E-state index < -0.39 is 11.7 Å². The van der Waals surface area contributed by atoms with Crippen molar-refractivity contribution in [2.45, 2.75) is 20.3 Å². The van der Waals surface area contributed by atoms with Crippen LogP contribution in [0.5, 0.6) is 0 Å². The number of aryl methyl sites for hydroxylation is 2. The van der Waals surface area contributed by atoms with Crippen LogP contribution in [-0.2, 0) is 7.05 Å². The van der Waals surface area contributed by atoms with Gasteiger partial charge in [-0.25, -0.2) is 9.37 Å². The Morgan fingerprint density at radius 1 is 1.43 bits per heavy atom. The smallest absolute Gasteiger partial charge is 0.260 e. The zero-order chi connectivity index (χ0) is 15.4. The summed E-state index contributed by atoms with van der Waals surface area (Å²) >= 11 is 0. The first-order valence-electron chi connectivity index (χ1n) is 6.72. The molecule has 0 unspecified atom stereocenters. The van der Waals surface area contributed by atoms with Crippen LogP contribution in [0.1, 0.15) is 29.4 Å². The van der Waals surface area contributed by atoms with E-state index in [0.717, 1.165) is 18.3 Å². The van der Waals surface area contributed by atoms with Gasteiger partial charge in [0.05, 0.1) is 17.5 Å². The van der Waals surface area contributed by atoms with Gasteiger partial charge in [-0.1, -0.05) is 6.92 Å². The van der Waals surface area contributed by atoms with E-state index in [1.165, 1.54) is 6.07 Å². The fourth-order valence-electron chi connectivity index (χ4n) is 1.91. The molecular formula is C14H18FN5O. The SMILES string of the molecule is CCCNc1ncc(F)cc1C(=O)Nc1cc(C)nn1C. The Labute approximate surface area is 122 Å². The van der Waals surface area contributed by atoms with Crippen molar-refractivity contribution in [3.05, 3.63) is 35.4 Å². The molecule has 0 aromatic carbocycles. The molecule has 1 amide bonds. The normalized spacial score (nSPS) is 10.5. The van der Waals surface area contributed by atoms with E-state index in [2.05, 4.69) is 20.7 Å². The predicted molar refractivity (Wildman–Crippen MR) is 78.9 cm³/mol. The fraction of sp³-hybridized carbons (Fsp3) is 0.357. The molecule has 0 aliphatic heterocycles. The van der Waals surface area contributed by atoms with Crippen LogP contribution in [0, 0.1) is 12.7 Å². The summed E-state index contributed by atoms with van der Waals surface area (Å²) in [5.41, 5.74) is 0.955. The average molecular weight is 291 g/mol. The van der Waals surface area contributed by atoms with Crippen LogP contribution in [0.3, 0.4) is 0 Å². The highest BCUT2D eigenvalue weighted by atomic mass is 19.1. The van der Waals surface area contributed by atoms with Gasteiger partial charge < -0.3 is 10.6 Å². The molecule has 0 bridgehead atoms. The fourth-order valence-corrected chi connectivity index (χ4v) is 1.91. The third-order valence-corrected chi connectivity index (χ3v) is 2.88. The maximum absolute atomic E-state index is 13.4. The van der Waals surface area contributed by atoms with Crippen molar-refractivity contribution in [3.8, 4) is 0 Å². The van der Waals surface area contributed by atoms with Crippen LogP contribution >= 0.6 is 0 Å². The molecule has 0 fully saturated rings. The number of halogens is 1. The maximum atomic E-state index is 13.4. The molecule has 0 saturated heterocycles. The average Bonchev–Trinajstić information content (AvgIpc) is 2.75. The van der Waals surface area contributed by atoms with Crippen molar-refractivity contribution in [2.75, 3.05) is 17.2 Å². The molecule has 2 rings (SSSR count). The minimum absolute atomic E-state index is 0.169. The molecule has 0 radical (unpaired) electrons. The first kappa shape index (κ1) is 15.0. The summed E-state index contributed by atoms with van der Waals surface area (Å²) in [5.74, 6) is -0.0650. The Morgan fingerprint density at radius 3 is 2.81 bits per heavy atom. The maximum Gasteiger partial charge on any atom is 0.260 e. The number of nitrogens with zero attached hydrogens (tertiary/aromatic N) is 3. The van der Waals surface area contributed by atoms with Gasteiger partial charge in [-0.3, -0.25) is 9.48 Å². The number of aromatic nitrogens is 3. The topological polar surface area (TPSA) is 71.8 Å². The summed E-state index contributed by atoms with van der Waals surface area (Å²) in [7, 11) is 1.72. The molecule has 7 heteroatoms. The molecule has 2 aromatic heterocycles. The second-order valence-electron chi connectivity index (χ2n) is 4.73. The van der Waals surface area contributed by atoms with Gasteiger partial charge in [0.25, 0.3) is 5.91 Å². The number of nitrogens with one attached hydrogen (secondary N) is 2. The van der Waals surface area contributed by atoms with Crippen molar-refractivity contribution < 1.29 is 9.18 Å². The van der Waals surface area contributed by atoms with Gasteiger partial charge in [-0.05, 0) is 19.4 Å². The number of carbonyl (C=O) groups is 1. The van der Waals surface area contributed by atoms with Gasteiger partial charge in [0, 0.05) is 19.7 Å². The van der Waals surface area contributed by atoms with Crippen LogP contribution in [0.15, 0.2) is 18.3 Å². The Balaban J connectivity index is 2.25. The molecular weight excluding hydrogens is 273 g/mol. The highest BCUT2D eigenvalue weighted by Gasteiger charge is 2.15. The van der Waals surface area contributed by atoms with E-state index >= 15 is 0 Å². The largest absolute Gasteiger partial charge is 0.369 e. The van der Waals surface area contributed by atoms with Gasteiger partial charge in [-0.2, -0.15) is 5.10 Å². The lowest BCUT2D eigenvalue weighted by Gasteiger charge is -2.11. The summed E-state index contributed by atoms with van der Waals surface area (Å²) in [6.45, 7) is 4.48. The zero-order valence-corrected chi connectivity index (χ0v) is 12.3. The van der Waals surface area contributed by atoms with Crippen LogP contribution in [0.25, 0.3) is 0 Å². The van der Waals surface area contributed by atoms with E-state index in [-0.39, 0.29) is 5.56 Å². The minimum atomic E-state index is -0.552. The van der Waals surface area contributed by atoms with E-state index in [9.17, 15) is 9.18 Å². The molecule has 2 N–H and O–H groups in total. The standard InChI is InChI=1S/C14H18FN5O/c1-4-5-16-13-11(7-10(15)8-17-13)14(21)18-12-6-9(2)19-20(12)3/h6-8H,4-5H2,1-3H3,(H,16,17)(H,18,21). The summed E-state index contributed by atoms with van der Waals surface area (Å²) in [4.78, 5) is 16.2. The van der Waals surface area contributed by atoms with Crippen LogP contribution < -0.4 is 10.6 Å². The van der Waals surface area contributed by atoms with E-state index in [4.69, 9.17) is 0 Å². The van der Waals surface area contributed by atoms with Gasteiger partial charge in [-0.15, -0.1) is 0 Å². The van der Waals surface area contributed by atoms with E-state index in [1.54, 1.807) is 17.8 Å². The number of hydrogen-bond donors (Lipinski definition) is 2. The molecule has 0 aliphatic rings. The lowest BCUT2D eigenvalue weighted by atomic mass is 10.2. The van der Waals surface area contributed by atoms with Gasteiger partial charge in [0.1, 0.15) is 17.5 Å².